The van der Waals surface area contributed by atoms with Crippen molar-refractivity contribution >= 4 is 5.82 Å². The maximum absolute atomic E-state index is 13.3. The van der Waals surface area contributed by atoms with E-state index in [0.717, 1.165) is 18.9 Å². The molecule has 3 heterocycles. The van der Waals surface area contributed by atoms with Crippen LogP contribution in [0.25, 0.3) is 0 Å². The predicted octanol–water partition coefficient (Wildman–Crippen LogP) is 1.78. The van der Waals surface area contributed by atoms with E-state index in [9.17, 15) is 9.50 Å². The van der Waals surface area contributed by atoms with E-state index < -0.39 is 0 Å². The molecule has 5 heteroatoms. The highest BCUT2D eigenvalue weighted by Gasteiger charge is 2.34. The van der Waals surface area contributed by atoms with Gasteiger partial charge < -0.3 is 10.0 Å². The van der Waals surface area contributed by atoms with E-state index in [1.807, 2.05) is 0 Å². The van der Waals surface area contributed by atoms with Crippen LogP contribution in [-0.2, 0) is 6.61 Å². The van der Waals surface area contributed by atoms with Crippen LogP contribution in [0.3, 0.4) is 0 Å². The Bertz CT molecular complexity index is 482. The van der Waals surface area contributed by atoms with Crippen LogP contribution >= 0.6 is 0 Å². The number of halogens is 1. The molecule has 1 N–H and O–H groups in total. The number of fused-ring (bicyclic) bond motifs is 1. The Kier molecular flexibility index (Phi) is 3.89. The van der Waals surface area contributed by atoms with Gasteiger partial charge in [-0.25, -0.2) is 9.37 Å². The smallest absolute Gasteiger partial charge is 0.142 e. The first-order valence-electron chi connectivity index (χ1n) is 7.45. The molecule has 0 aromatic carbocycles. The summed E-state index contributed by atoms with van der Waals surface area (Å²) in [5, 5.41) is 9.45. The number of aliphatic hydroxyl groups is 1. The largest absolute Gasteiger partial charge is 0.392 e. The van der Waals surface area contributed by atoms with Crippen LogP contribution in [0.15, 0.2) is 12.3 Å². The zero-order valence-corrected chi connectivity index (χ0v) is 11.9. The molecule has 0 radical (unpaired) electrons. The van der Waals surface area contributed by atoms with Crippen LogP contribution in [0, 0.1) is 5.82 Å². The van der Waals surface area contributed by atoms with Gasteiger partial charge in [0.25, 0.3) is 0 Å². The fraction of sp³-hybridized carbons (Fsp3) is 0.667. The van der Waals surface area contributed by atoms with Gasteiger partial charge in [0.15, 0.2) is 0 Å². The minimum Gasteiger partial charge on any atom is -0.392 e. The first-order chi connectivity index (χ1) is 9.69. The molecule has 0 spiro atoms. The van der Waals surface area contributed by atoms with E-state index in [4.69, 9.17) is 0 Å². The molecule has 0 aliphatic carbocycles. The minimum atomic E-state index is -0.387. The van der Waals surface area contributed by atoms with Gasteiger partial charge in [0.05, 0.1) is 12.8 Å². The second-order valence-electron chi connectivity index (χ2n) is 5.94. The molecule has 2 unspecified atom stereocenters. The zero-order chi connectivity index (χ0) is 14.1. The molecular formula is C15H22FN3O. The summed E-state index contributed by atoms with van der Waals surface area (Å²) in [7, 11) is 0. The van der Waals surface area contributed by atoms with Gasteiger partial charge in [-0.05, 0) is 32.4 Å². The molecular weight excluding hydrogens is 257 g/mol. The van der Waals surface area contributed by atoms with E-state index >= 15 is 0 Å². The van der Waals surface area contributed by atoms with Gasteiger partial charge in [0, 0.05) is 30.7 Å². The van der Waals surface area contributed by atoms with E-state index in [1.54, 1.807) is 0 Å². The van der Waals surface area contributed by atoms with E-state index in [0.29, 0.717) is 17.6 Å². The Morgan fingerprint density at radius 1 is 1.40 bits per heavy atom. The lowest BCUT2D eigenvalue weighted by Crippen LogP contribution is -2.59. The van der Waals surface area contributed by atoms with Crippen molar-refractivity contribution in [1.29, 1.82) is 0 Å². The van der Waals surface area contributed by atoms with Crippen molar-refractivity contribution in [1.82, 2.24) is 9.88 Å². The number of piperazine rings is 1. The fourth-order valence-corrected chi connectivity index (χ4v) is 3.50. The van der Waals surface area contributed by atoms with Gasteiger partial charge in [0.1, 0.15) is 11.6 Å². The molecule has 0 bridgehead atoms. The third-order valence-corrected chi connectivity index (χ3v) is 4.54. The summed E-state index contributed by atoms with van der Waals surface area (Å²) in [5.41, 5.74) is 0.584. The number of aliphatic hydroxyl groups excluding tert-OH is 1. The summed E-state index contributed by atoms with van der Waals surface area (Å²) in [5.74, 6) is 0.355. The van der Waals surface area contributed by atoms with Crippen molar-refractivity contribution in [2.75, 3.05) is 24.5 Å². The number of nitrogens with zero attached hydrogens (tertiary/aromatic N) is 3. The predicted molar refractivity (Wildman–Crippen MR) is 76.1 cm³/mol. The lowest BCUT2D eigenvalue weighted by molar-refractivity contribution is 0.115. The fourth-order valence-electron chi connectivity index (χ4n) is 3.50. The summed E-state index contributed by atoms with van der Waals surface area (Å²) in [6.07, 6.45) is 5.04. The molecule has 2 fully saturated rings. The number of hydrogen-bond acceptors (Lipinski definition) is 4. The SMILES string of the molecule is CC1CN2CCCCC2CN1c1ncc(F)cc1CO. The number of rotatable bonds is 2. The van der Waals surface area contributed by atoms with Crippen molar-refractivity contribution in [2.45, 2.75) is 44.9 Å². The van der Waals surface area contributed by atoms with Crippen molar-refractivity contribution in [3.05, 3.63) is 23.6 Å². The molecule has 20 heavy (non-hydrogen) atoms. The molecule has 2 aliphatic rings. The van der Waals surface area contributed by atoms with Crippen LogP contribution in [0.4, 0.5) is 10.2 Å². The highest BCUT2D eigenvalue weighted by molar-refractivity contribution is 5.48. The van der Waals surface area contributed by atoms with Gasteiger partial charge in [-0.15, -0.1) is 0 Å². The van der Waals surface area contributed by atoms with Gasteiger partial charge in [-0.2, -0.15) is 0 Å². The Labute approximate surface area is 119 Å². The number of anilines is 1. The van der Waals surface area contributed by atoms with Crippen LogP contribution in [0.1, 0.15) is 31.7 Å². The lowest BCUT2D eigenvalue weighted by Gasteiger charge is -2.48. The molecule has 4 nitrogen and oxygen atoms in total. The molecule has 3 rings (SSSR count). The van der Waals surface area contributed by atoms with Gasteiger partial charge in [-0.1, -0.05) is 6.42 Å². The summed E-state index contributed by atoms with van der Waals surface area (Å²) >= 11 is 0. The number of piperidine rings is 1. The number of pyridine rings is 1. The van der Waals surface area contributed by atoms with Crippen molar-refractivity contribution in [3.63, 3.8) is 0 Å². The first-order valence-corrected chi connectivity index (χ1v) is 7.45. The van der Waals surface area contributed by atoms with E-state index in [1.165, 1.54) is 38.1 Å². The van der Waals surface area contributed by atoms with Crippen molar-refractivity contribution in [2.24, 2.45) is 0 Å². The Morgan fingerprint density at radius 2 is 2.25 bits per heavy atom. The summed E-state index contributed by atoms with van der Waals surface area (Å²) in [4.78, 5) is 9.03. The van der Waals surface area contributed by atoms with E-state index in [2.05, 4.69) is 21.7 Å². The topological polar surface area (TPSA) is 39.6 Å². The molecule has 1 aromatic heterocycles. The van der Waals surface area contributed by atoms with Gasteiger partial charge >= 0.3 is 0 Å². The van der Waals surface area contributed by atoms with E-state index in [-0.39, 0.29) is 12.4 Å². The molecule has 2 saturated heterocycles. The highest BCUT2D eigenvalue weighted by Crippen LogP contribution is 2.29. The average Bonchev–Trinajstić information content (AvgIpc) is 2.46. The maximum atomic E-state index is 13.3. The van der Waals surface area contributed by atoms with Crippen LogP contribution in [-0.4, -0.2) is 46.7 Å². The summed E-state index contributed by atoms with van der Waals surface area (Å²) in [6.45, 7) is 5.14. The van der Waals surface area contributed by atoms with Crippen molar-refractivity contribution < 1.29 is 9.50 Å². The number of hydrogen-bond donors (Lipinski definition) is 1. The normalized spacial score (nSPS) is 27.4. The summed E-state index contributed by atoms with van der Waals surface area (Å²) < 4.78 is 13.3. The Hall–Kier alpha value is -1.20. The maximum Gasteiger partial charge on any atom is 0.142 e. The molecule has 110 valence electrons. The quantitative estimate of drug-likeness (QED) is 0.896. The van der Waals surface area contributed by atoms with Crippen LogP contribution < -0.4 is 4.90 Å². The zero-order valence-electron chi connectivity index (χ0n) is 11.9. The molecule has 0 saturated carbocycles. The first kappa shape index (κ1) is 13.8. The van der Waals surface area contributed by atoms with Crippen LogP contribution in [0.2, 0.25) is 0 Å². The summed E-state index contributed by atoms with van der Waals surface area (Å²) in [6, 6.07) is 2.30. The highest BCUT2D eigenvalue weighted by atomic mass is 19.1. The van der Waals surface area contributed by atoms with Crippen molar-refractivity contribution in [3.8, 4) is 0 Å². The standard InChI is InChI=1S/C15H22FN3O/c1-11-8-18-5-3-2-4-14(18)9-19(11)15-12(10-20)6-13(16)7-17-15/h6-7,11,14,20H,2-5,8-10H2,1H3. The third-order valence-electron chi connectivity index (χ3n) is 4.54. The second kappa shape index (κ2) is 5.66. The minimum absolute atomic E-state index is 0.169. The molecule has 2 atom stereocenters. The second-order valence-corrected chi connectivity index (χ2v) is 5.94. The van der Waals surface area contributed by atoms with Gasteiger partial charge in [-0.3, -0.25) is 4.90 Å². The Balaban J connectivity index is 1.85. The molecule has 1 aromatic rings. The molecule has 2 aliphatic heterocycles. The Morgan fingerprint density at radius 3 is 3.05 bits per heavy atom. The molecule has 0 amide bonds. The average molecular weight is 279 g/mol. The monoisotopic (exact) mass is 279 g/mol. The lowest BCUT2D eigenvalue weighted by atomic mass is 9.97. The van der Waals surface area contributed by atoms with Gasteiger partial charge in [0.2, 0.25) is 0 Å². The van der Waals surface area contributed by atoms with Crippen LogP contribution in [0.5, 0.6) is 0 Å². The number of aromatic nitrogens is 1. The third kappa shape index (κ3) is 2.52.